The highest BCUT2D eigenvalue weighted by Crippen LogP contribution is 2.32. The minimum Gasteiger partial charge on any atom is -0.338 e. The lowest BCUT2D eigenvalue weighted by Gasteiger charge is -2.32. The molecule has 1 saturated heterocycles. The smallest absolute Gasteiger partial charge is 0.256 e. The van der Waals surface area contributed by atoms with E-state index in [2.05, 4.69) is 15.4 Å². The largest absolute Gasteiger partial charge is 0.338 e. The van der Waals surface area contributed by atoms with Crippen molar-refractivity contribution in [2.75, 3.05) is 18.4 Å². The number of piperidine rings is 1. The molecule has 1 aromatic heterocycles. The van der Waals surface area contributed by atoms with Gasteiger partial charge in [-0.25, -0.2) is 9.67 Å². The summed E-state index contributed by atoms with van der Waals surface area (Å²) in [4.78, 5) is 30.8. The van der Waals surface area contributed by atoms with Crippen molar-refractivity contribution in [1.82, 2.24) is 19.7 Å². The molecule has 1 aromatic carbocycles. The van der Waals surface area contributed by atoms with Crippen molar-refractivity contribution in [1.29, 1.82) is 0 Å². The van der Waals surface area contributed by atoms with Gasteiger partial charge in [-0.3, -0.25) is 9.59 Å². The Morgan fingerprint density at radius 1 is 1.26 bits per heavy atom. The first-order valence-corrected chi connectivity index (χ1v) is 9.67. The van der Waals surface area contributed by atoms with Crippen LogP contribution in [0.1, 0.15) is 49.0 Å². The number of rotatable bonds is 5. The van der Waals surface area contributed by atoms with Crippen LogP contribution in [0.5, 0.6) is 0 Å². The number of halogens is 2. The minimum atomic E-state index is -0.191. The normalized spacial score (nSPS) is 15.0. The van der Waals surface area contributed by atoms with Gasteiger partial charge in [-0.05, 0) is 31.4 Å². The third kappa shape index (κ3) is 4.59. The molecule has 1 aliphatic heterocycles. The first kappa shape index (κ1) is 19.6. The van der Waals surface area contributed by atoms with Gasteiger partial charge in [0.2, 0.25) is 5.91 Å². The van der Waals surface area contributed by atoms with Crippen LogP contribution >= 0.6 is 23.2 Å². The molecular formula is C18H21Cl2N5O2. The number of hydrogen-bond acceptors (Lipinski definition) is 4. The topological polar surface area (TPSA) is 80.1 Å². The molecule has 144 valence electrons. The first-order chi connectivity index (χ1) is 13.0. The maximum atomic E-state index is 13.1. The van der Waals surface area contributed by atoms with Crippen molar-refractivity contribution >= 4 is 40.7 Å². The van der Waals surface area contributed by atoms with Gasteiger partial charge < -0.3 is 10.2 Å². The van der Waals surface area contributed by atoms with E-state index >= 15 is 0 Å². The highest BCUT2D eigenvalue weighted by atomic mass is 35.5. The number of benzene rings is 1. The van der Waals surface area contributed by atoms with Crippen molar-refractivity contribution in [3.63, 3.8) is 0 Å². The summed E-state index contributed by atoms with van der Waals surface area (Å²) in [6, 6.07) is 3.31. The second-order valence-electron chi connectivity index (χ2n) is 6.51. The Morgan fingerprint density at radius 2 is 2.00 bits per heavy atom. The predicted molar refractivity (Wildman–Crippen MR) is 104 cm³/mol. The van der Waals surface area contributed by atoms with Crippen molar-refractivity contribution in [3.05, 3.63) is 40.4 Å². The number of aromatic nitrogens is 3. The number of likely N-dealkylation sites (tertiary alicyclic amines) is 1. The molecule has 0 saturated carbocycles. The summed E-state index contributed by atoms with van der Waals surface area (Å²) in [6.45, 7) is 3.07. The van der Waals surface area contributed by atoms with Crippen LogP contribution in [0, 0.1) is 0 Å². The lowest BCUT2D eigenvalue weighted by atomic mass is 10.0. The molecule has 0 spiro atoms. The van der Waals surface area contributed by atoms with Gasteiger partial charge >= 0.3 is 0 Å². The van der Waals surface area contributed by atoms with E-state index in [1.54, 1.807) is 17.3 Å². The van der Waals surface area contributed by atoms with Crippen molar-refractivity contribution < 1.29 is 9.59 Å². The monoisotopic (exact) mass is 409 g/mol. The lowest BCUT2D eigenvalue weighted by molar-refractivity contribution is -0.116. The highest BCUT2D eigenvalue weighted by Gasteiger charge is 2.27. The van der Waals surface area contributed by atoms with Crippen molar-refractivity contribution in [2.45, 2.75) is 38.6 Å². The number of nitrogens with zero attached hydrogens (tertiary/aromatic N) is 4. The molecule has 9 heteroatoms. The fourth-order valence-corrected chi connectivity index (χ4v) is 3.75. The van der Waals surface area contributed by atoms with Crippen LogP contribution in [0.25, 0.3) is 0 Å². The Kier molecular flexibility index (Phi) is 6.34. The zero-order valence-corrected chi connectivity index (χ0v) is 16.5. The molecular weight excluding hydrogens is 389 g/mol. The van der Waals surface area contributed by atoms with Gasteiger partial charge in [-0.15, -0.1) is 0 Å². The third-order valence-corrected chi connectivity index (χ3v) is 5.11. The Balaban J connectivity index is 1.77. The van der Waals surface area contributed by atoms with E-state index in [9.17, 15) is 9.59 Å². The summed E-state index contributed by atoms with van der Waals surface area (Å²) >= 11 is 12.4. The predicted octanol–water partition coefficient (Wildman–Crippen LogP) is 3.80. The van der Waals surface area contributed by atoms with Gasteiger partial charge in [-0.2, -0.15) is 5.10 Å². The van der Waals surface area contributed by atoms with Crippen LogP contribution in [-0.4, -0.2) is 44.6 Å². The summed E-state index contributed by atoms with van der Waals surface area (Å²) < 4.78 is 1.83. The van der Waals surface area contributed by atoms with Crippen LogP contribution < -0.4 is 5.32 Å². The fourth-order valence-electron chi connectivity index (χ4n) is 3.21. The SMILES string of the molecule is CCCC(=O)Nc1c(Cl)cc(Cl)cc1C(=O)N1CCC(n2cncn2)CC1. The maximum Gasteiger partial charge on any atom is 0.256 e. The maximum absolute atomic E-state index is 13.1. The van der Waals surface area contributed by atoms with E-state index in [0.717, 1.165) is 12.8 Å². The Bertz CT molecular complexity index is 817. The van der Waals surface area contributed by atoms with Crippen LogP contribution in [-0.2, 0) is 4.79 Å². The Hall–Kier alpha value is -2.12. The van der Waals surface area contributed by atoms with Gasteiger partial charge in [0.15, 0.2) is 0 Å². The Labute approximate surface area is 167 Å². The molecule has 0 aliphatic carbocycles. The summed E-state index contributed by atoms with van der Waals surface area (Å²) in [5.74, 6) is -0.371. The van der Waals surface area contributed by atoms with E-state index < -0.39 is 0 Å². The first-order valence-electron chi connectivity index (χ1n) is 8.92. The number of nitrogens with one attached hydrogen (secondary N) is 1. The Morgan fingerprint density at radius 3 is 2.63 bits per heavy atom. The van der Waals surface area contributed by atoms with Crippen molar-refractivity contribution in [3.8, 4) is 0 Å². The van der Waals surface area contributed by atoms with Crippen LogP contribution in [0.4, 0.5) is 5.69 Å². The average molecular weight is 410 g/mol. The molecule has 0 bridgehead atoms. The van der Waals surface area contributed by atoms with E-state index in [1.165, 1.54) is 12.4 Å². The van der Waals surface area contributed by atoms with Crippen LogP contribution in [0.15, 0.2) is 24.8 Å². The molecule has 2 amide bonds. The molecule has 1 N–H and O–H groups in total. The van der Waals surface area contributed by atoms with Crippen LogP contribution in [0.2, 0.25) is 10.0 Å². The molecule has 2 aromatic rings. The number of hydrogen-bond donors (Lipinski definition) is 1. The lowest BCUT2D eigenvalue weighted by Crippen LogP contribution is -2.39. The summed E-state index contributed by atoms with van der Waals surface area (Å²) in [5.41, 5.74) is 0.638. The highest BCUT2D eigenvalue weighted by molar-refractivity contribution is 6.38. The van der Waals surface area contributed by atoms with Gasteiger partial charge in [0.05, 0.1) is 22.3 Å². The van der Waals surface area contributed by atoms with E-state index in [4.69, 9.17) is 23.2 Å². The summed E-state index contributed by atoms with van der Waals surface area (Å²) in [6.07, 6.45) is 5.82. The van der Waals surface area contributed by atoms with Gasteiger partial charge in [0, 0.05) is 24.5 Å². The zero-order valence-electron chi connectivity index (χ0n) is 15.0. The molecule has 27 heavy (non-hydrogen) atoms. The van der Waals surface area contributed by atoms with E-state index in [-0.39, 0.29) is 22.9 Å². The molecule has 0 radical (unpaired) electrons. The summed E-state index contributed by atoms with van der Waals surface area (Å²) in [5, 5.41) is 7.55. The molecule has 1 fully saturated rings. The van der Waals surface area contributed by atoms with Gasteiger partial charge in [-0.1, -0.05) is 30.1 Å². The van der Waals surface area contributed by atoms with Gasteiger partial charge in [0.1, 0.15) is 12.7 Å². The fraction of sp³-hybridized carbons (Fsp3) is 0.444. The molecule has 0 unspecified atom stereocenters. The van der Waals surface area contributed by atoms with E-state index in [1.807, 2.05) is 11.6 Å². The quantitative estimate of drug-likeness (QED) is 0.813. The second kappa shape index (κ2) is 8.71. The molecule has 3 rings (SSSR count). The molecule has 2 heterocycles. The number of amides is 2. The number of carbonyl (C=O) groups is 2. The van der Waals surface area contributed by atoms with Crippen LogP contribution in [0.3, 0.4) is 0 Å². The third-order valence-electron chi connectivity index (χ3n) is 4.59. The minimum absolute atomic E-state index is 0.180. The van der Waals surface area contributed by atoms with E-state index in [0.29, 0.717) is 42.2 Å². The average Bonchev–Trinajstić information content (AvgIpc) is 3.18. The van der Waals surface area contributed by atoms with Gasteiger partial charge in [0.25, 0.3) is 5.91 Å². The molecule has 0 atom stereocenters. The number of carbonyl (C=O) groups excluding carboxylic acids is 2. The zero-order chi connectivity index (χ0) is 19.4. The number of anilines is 1. The molecule has 1 aliphatic rings. The summed E-state index contributed by atoms with van der Waals surface area (Å²) in [7, 11) is 0. The second-order valence-corrected chi connectivity index (χ2v) is 7.35. The van der Waals surface area contributed by atoms with Crippen molar-refractivity contribution in [2.24, 2.45) is 0 Å². The molecule has 7 nitrogen and oxygen atoms in total. The standard InChI is InChI=1S/C18H21Cl2N5O2/c1-2-3-16(26)23-17-14(8-12(19)9-15(17)20)18(27)24-6-4-13(5-7-24)25-11-21-10-22-25/h8-11,13H,2-7H2,1H3,(H,23,26).